The molecule has 1 aliphatic rings. The van der Waals surface area contributed by atoms with Crippen molar-refractivity contribution in [2.24, 2.45) is 0 Å². The van der Waals surface area contributed by atoms with Gasteiger partial charge >= 0.3 is 12.0 Å². The normalized spacial score (nSPS) is 12.0. The SMILES string of the molecule is CCOC(=O)c1cc(C)cc(Oc2nc(Oc3cc(C#N)ccc3C)nc3c2NC(=O)CO3)c1. The number of ether oxygens (including phenoxy) is 4. The molecule has 1 N–H and O–H groups in total. The maximum atomic E-state index is 12.2. The number of benzene rings is 2. The molecule has 0 saturated heterocycles. The van der Waals surface area contributed by atoms with Gasteiger partial charge in [0.25, 0.3) is 11.8 Å². The van der Waals surface area contributed by atoms with Crippen LogP contribution in [0.15, 0.2) is 36.4 Å². The Morgan fingerprint density at radius 2 is 2.00 bits per heavy atom. The molecule has 0 spiro atoms. The van der Waals surface area contributed by atoms with Crippen molar-refractivity contribution >= 4 is 17.6 Å². The molecule has 1 aromatic heterocycles. The summed E-state index contributed by atoms with van der Waals surface area (Å²) in [5.74, 6) is -0.199. The average Bonchev–Trinajstić information content (AvgIpc) is 2.81. The number of amides is 1. The van der Waals surface area contributed by atoms with E-state index >= 15 is 0 Å². The van der Waals surface area contributed by atoms with Crippen molar-refractivity contribution in [3.05, 3.63) is 58.7 Å². The van der Waals surface area contributed by atoms with Crippen LogP contribution in [0.1, 0.15) is 34.0 Å². The Morgan fingerprint density at radius 1 is 1.18 bits per heavy atom. The van der Waals surface area contributed by atoms with E-state index in [1.807, 2.05) is 6.92 Å². The number of nitrogens with one attached hydrogen (secondary N) is 1. The topological polar surface area (TPSA) is 133 Å². The number of carbonyl (C=O) groups is 2. The minimum atomic E-state index is -0.491. The number of fused-ring (bicyclic) bond motifs is 1. The number of carbonyl (C=O) groups excluding carboxylic acids is 2. The highest BCUT2D eigenvalue weighted by atomic mass is 16.5. The van der Waals surface area contributed by atoms with Crippen LogP contribution in [0.25, 0.3) is 0 Å². The zero-order chi connectivity index (χ0) is 24.2. The zero-order valence-electron chi connectivity index (χ0n) is 18.7. The van der Waals surface area contributed by atoms with Crippen molar-refractivity contribution in [3.8, 4) is 35.3 Å². The first-order valence-electron chi connectivity index (χ1n) is 10.4. The van der Waals surface area contributed by atoms with Crippen LogP contribution in [-0.2, 0) is 9.53 Å². The van der Waals surface area contributed by atoms with E-state index in [-0.39, 0.29) is 42.4 Å². The summed E-state index contributed by atoms with van der Waals surface area (Å²) < 4.78 is 22.3. The fourth-order valence-electron chi connectivity index (χ4n) is 3.17. The Hall–Kier alpha value is -4.65. The maximum absolute atomic E-state index is 12.2. The molecule has 10 heteroatoms. The number of hydrogen-bond donors (Lipinski definition) is 1. The summed E-state index contributed by atoms with van der Waals surface area (Å²) >= 11 is 0. The lowest BCUT2D eigenvalue weighted by Crippen LogP contribution is -2.26. The second kappa shape index (κ2) is 9.46. The standard InChI is InChI=1S/C24H20N4O6/c1-4-31-23(30)16-7-13(2)8-17(10-16)33-22-20-21(32-12-19(29)26-20)27-24(28-22)34-18-9-15(11-25)6-5-14(18)3/h5-10H,4,12H2,1-3H3,(H,26,29). The van der Waals surface area contributed by atoms with Crippen molar-refractivity contribution in [1.29, 1.82) is 5.26 Å². The highest BCUT2D eigenvalue weighted by molar-refractivity contribution is 5.96. The second-order valence-corrected chi connectivity index (χ2v) is 7.38. The van der Waals surface area contributed by atoms with Crippen LogP contribution < -0.4 is 19.5 Å². The van der Waals surface area contributed by atoms with Gasteiger partial charge < -0.3 is 24.3 Å². The Kier molecular flexibility index (Phi) is 6.27. The third-order valence-electron chi connectivity index (χ3n) is 4.72. The highest BCUT2D eigenvalue weighted by Gasteiger charge is 2.26. The number of rotatable bonds is 6. The zero-order valence-corrected chi connectivity index (χ0v) is 18.7. The molecule has 34 heavy (non-hydrogen) atoms. The van der Waals surface area contributed by atoms with Gasteiger partial charge in [0.2, 0.25) is 5.88 Å². The molecule has 1 amide bonds. The summed E-state index contributed by atoms with van der Waals surface area (Å²) in [6.07, 6.45) is 0. The molecule has 0 atom stereocenters. The fraction of sp³-hybridized carbons (Fsp3) is 0.208. The van der Waals surface area contributed by atoms with Crippen molar-refractivity contribution in [1.82, 2.24) is 9.97 Å². The van der Waals surface area contributed by atoms with E-state index in [0.717, 1.165) is 11.1 Å². The van der Waals surface area contributed by atoms with Crippen molar-refractivity contribution in [2.45, 2.75) is 20.8 Å². The van der Waals surface area contributed by atoms with Gasteiger partial charge in [0, 0.05) is 0 Å². The van der Waals surface area contributed by atoms with Crippen LogP contribution in [0, 0.1) is 25.2 Å². The minimum Gasteiger partial charge on any atom is -0.466 e. The monoisotopic (exact) mass is 460 g/mol. The Morgan fingerprint density at radius 3 is 2.76 bits per heavy atom. The number of nitriles is 1. The summed E-state index contributed by atoms with van der Waals surface area (Å²) in [7, 11) is 0. The van der Waals surface area contributed by atoms with Gasteiger partial charge in [0.1, 0.15) is 11.5 Å². The molecule has 0 radical (unpaired) electrons. The molecule has 1 aliphatic heterocycles. The van der Waals surface area contributed by atoms with E-state index in [0.29, 0.717) is 16.9 Å². The van der Waals surface area contributed by atoms with Crippen molar-refractivity contribution in [2.75, 3.05) is 18.5 Å². The van der Waals surface area contributed by atoms with Crippen LogP contribution in [-0.4, -0.2) is 35.1 Å². The Labute approximate surface area is 195 Å². The molecule has 0 saturated carbocycles. The predicted molar refractivity (Wildman–Crippen MR) is 119 cm³/mol. The van der Waals surface area contributed by atoms with Gasteiger partial charge in [-0.05, 0) is 62.2 Å². The van der Waals surface area contributed by atoms with Gasteiger partial charge in [0.15, 0.2) is 12.3 Å². The number of nitrogens with zero attached hydrogens (tertiary/aromatic N) is 3. The van der Waals surface area contributed by atoms with E-state index in [9.17, 15) is 14.9 Å². The van der Waals surface area contributed by atoms with E-state index in [1.54, 1.807) is 44.2 Å². The van der Waals surface area contributed by atoms with E-state index in [2.05, 4.69) is 21.4 Å². The van der Waals surface area contributed by atoms with E-state index < -0.39 is 11.9 Å². The molecule has 3 aromatic rings. The first kappa shape index (κ1) is 22.5. The summed E-state index contributed by atoms with van der Waals surface area (Å²) in [5, 5.41) is 11.8. The molecular weight excluding hydrogens is 440 g/mol. The third-order valence-corrected chi connectivity index (χ3v) is 4.72. The lowest BCUT2D eigenvalue weighted by molar-refractivity contribution is -0.118. The Bertz CT molecular complexity index is 1330. The van der Waals surface area contributed by atoms with Gasteiger partial charge in [-0.1, -0.05) is 6.07 Å². The van der Waals surface area contributed by atoms with E-state index in [4.69, 9.17) is 18.9 Å². The number of aromatic nitrogens is 2. The first-order chi connectivity index (χ1) is 16.4. The molecule has 0 fully saturated rings. The summed E-state index contributed by atoms with van der Waals surface area (Å²) in [6, 6.07) is 11.8. The molecule has 2 heterocycles. The summed E-state index contributed by atoms with van der Waals surface area (Å²) in [6.45, 7) is 5.33. The summed E-state index contributed by atoms with van der Waals surface area (Å²) in [4.78, 5) is 32.6. The molecular formula is C24H20N4O6. The maximum Gasteiger partial charge on any atom is 0.338 e. The van der Waals surface area contributed by atoms with Gasteiger partial charge in [-0.3, -0.25) is 4.79 Å². The smallest absolute Gasteiger partial charge is 0.338 e. The Balaban J connectivity index is 1.73. The number of anilines is 1. The third kappa shape index (κ3) is 4.88. The van der Waals surface area contributed by atoms with Crippen LogP contribution in [0.4, 0.5) is 5.69 Å². The molecule has 172 valence electrons. The summed E-state index contributed by atoms with van der Waals surface area (Å²) in [5.41, 5.74) is 2.36. The highest BCUT2D eigenvalue weighted by Crippen LogP contribution is 2.39. The van der Waals surface area contributed by atoms with Gasteiger partial charge in [0.05, 0.1) is 23.8 Å². The average molecular weight is 460 g/mol. The first-order valence-corrected chi connectivity index (χ1v) is 10.4. The molecule has 10 nitrogen and oxygen atoms in total. The second-order valence-electron chi connectivity index (χ2n) is 7.38. The molecule has 2 aromatic carbocycles. The van der Waals surface area contributed by atoms with Crippen LogP contribution >= 0.6 is 0 Å². The number of aryl methyl sites for hydroxylation is 2. The van der Waals surface area contributed by atoms with Crippen LogP contribution in [0.2, 0.25) is 0 Å². The molecule has 0 unspecified atom stereocenters. The lowest BCUT2D eigenvalue weighted by atomic mass is 10.1. The molecule has 0 bridgehead atoms. The quantitative estimate of drug-likeness (QED) is 0.541. The fourth-order valence-corrected chi connectivity index (χ4v) is 3.17. The van der Waals surface area contributed by atoms with Gasteiger partial charge in [-0.25, -0.2) is 4.79 Å². The predicted octanol–water partition coefficient (Wildman–Crippen LogP) is 4.06. The number of hydrogen-bond acceptors (Lipinski definition) is 9. The molecule has 4 rings (SSSR count). The van der Waals surface area contributed by atoms with Gasteiger partial charge in [-0.2, -0.15) is 15.2 Å². The van der Waals surface area contributed by atoms with Crippen LogP contribution in [0.5, 0.6) is 29.3 Å². The van der Waals surface area contributed by atoms with Crippen molar-refractivity contribution < 1.29 is 28.5 Å². The van der Waals surface area contributed by atoms with Gasteiger partial charge in [-0.15, -0.1) is 0 Å². The van der Waals surface area contributed by atoms with Crippen LogP contribution in [0.3, 0.4) is 0 Å². The lowest BCUT2D eigenvalue weighted by Gasteiger charge is -2.20. The molecule has 0 aliphatic carbocycles. The van der Waals surface area contributed by atoms with Crippen molar-refractivity contribution in [3.63, 3.8) is 0 Å². The largest absolute Gasteiger partial charge is 0.466 e. The minimum absolute atomic E-state index is 0.0393. The van der Waals surface area contributed by atoms with E-state index in [1.165, 1.54) is 6.07 Å². The number of esters is 1.